The van der Waals surface area contributed by atoms with E-state index in [2.05, 4.69) is 5.32 Å². The van der Waals surface area contributed by atoms with Crippen molar-refractivity contribution in [3.05, 3.63) is 35.4 Å². The van der Waals surface area contributed by atoms with Gasteiger partial charge in [-0.1, -0.05) is 6.07 Å². The highest BCUT2D eigenvalue weighted by Crippen LogP contribution is 2.26. The van der Waals surface area contributed by atoms with Crippen molar-refractivity contribution >= 4 is 11.8 Å². The average molecular weight is 301 g/mol. The van der Waals surface area contributed by atoms with Crippen LogP contribution in [-0.4, -0.2) is 42.4 Å². The molecule has 0 aromatic heterocycles. The second-order valence-electron chi connectivity index (χ2n) is 6.28. The number of carbonyl (C=O) groups excluding carboxylic acids is 2. The lowest BCUT2D eigenvalue weighted by atomic mass is 9.88. The first kappa shape index (κ1) is 15.0. The Labute approximate surface area is 130 Å². The minimum Gasteiger partial charge on any atom is -0.366 e. The third kappa shape index (κ3) is 3.14. The molecule has 2 saturated heterocycles. The average Bonchev–Trinajstić information content (AvgIpc) is 3.09. The highest BCUT2D eigenvalue weighted by molar-refractivity contribution is 5.99. The maximum absolute atomic E-state index is 12.6. The molecule has 2 heterocycles. The van der Waals surface area contributed by atoms with Gasteiger partial charge in [-0.15, -0.1) is 0 Å². The molecule has 5 nitrogen and oxygen atoms in total. The van der Waals surface area contributed by atoms with Crippen molar-refractivity contribution in [2.24, 2.45) is 11.7 Å². The van der Waals surface area contributed by atoms with Crippen molar-refractivity contribution in [1.82, 2.24) is 10.2 Å². The molecule has 2 aliphatic heterocycles. The molecule has 1 atom stereocenters. The Kier molecular flexibility index (Phi) is 4.43. The Hall–Kier alpha value is -1.88. The number of nitrogens with zero attached hydrogens (tertiary/aromatic N) is 1. The van der Waals surface area contributed by atoms with Gasteiger partial charge in [-0.3, -0.25) is 9.59 Å². The lowest BCUT2D eigenvalue weighted by Crippen LogP contribution is -2.43. The van der Waals surface area contributed by atoms with Gasteiger partial charge in [-0.25, -0.2) is 0 Å². The fourth-order valence-corrected chi connectivity index (χ4v) is 3.61. The monoisotopic (exact) mass is 301 g/mol. The van der Waals surface area contributed by atoms with Gasteiger partial charge in [0.15, 0.2) is 0 Å². The number of rotatable bonds is 3. The first-order chi connectivity index (χ1) is 10.6. The van der Waals surface area contributed by atoms with Crippen molar-refractivity contribution in [3.8, 4) is 0 Å². The number of nitrogens with two attached hydrogens (primary N) is 1. The summed E-state index contributed by atoms with van der Waals surface area (Å²) in [5.41, 5.74) is 6.21. The summed E-state index contributed by atoms with van der Waals surface area (Å²) < 4.78 is 0. The van der Waals surface area contributed by atoms with E-state index < -0.39 is 5.91 Å². The molecule has 5 heteroatoms. The molecule has 1 unspecified atom stereocenters. The quantitative estimate of drug-likeness (QED) is 0.886. The SMILES string of the molecule is NC(=O)c1cccc(C(=O)N2CCC(C3CCCN3)CC2)c1. The Bertz CT molecular complexity index is 559. The molecule has 0 saturated carbocycles. The number of benzene rings is 1. The van der Waals surface area contributed by atoms with Crippen LogP contribution in [0.1, 0.15) is 46.4 Å². The molecular weight excluding hydrogens is 278 g/mol. The third-order valence-electron chi connectivity index (χ3n) is 4.89. The molecule has 118 valence electrons. The fraction of sp³-hybridized carbons (Fsp3) is 0.529. The second-order valence-corrected chi connectivity index (χ2v) is 6.28. The summed E-state index contributed by atoms with van der Waals surface area (Å²) in [6.07, 6.45) is 4.64. The van der Waals surface area contributed by atoms with E-state index in [4.69, 9.17) is 5.73 Å². The van der Waals surface area contributed by atoms with Crippen LogP contribution in [0.3, 0.4) is 0 Å². The highest BCUT2D eigenvalue weighted by atomic mass is 16.2. The standard InChI is InChI=1S/C17H23N3O2/c18-16(21)13-3-1-4-14(11-13)17(22)20-9-6-12(7-10-20)15-5-2-8-19-15/h1,3-4,11-12,15,19H,2,5-10H2,(H2,18,21). The summed E-state index contributed by atoms with van der Waals surface area (Å²) >= 11 is 0. The Morgan fingerprint density at radius 2 is 1.86 bits per heavy atom. The summed E-state index contributed by atoms with van der Waals surface area (Å²) in [6, 6.07) is 7.32. The Morgan fingerprint density at radius 3 is 2.50 bits per heavy atom. The van der Waals surface area contributed by atoms with E-state index in [-0.39, 0.29) is 5.91 Å². The van der Waals surface area contributed by atoms with Crippen LogP contribution >= 0.6 is 0 Å². The predicted molar refractivity (Wildman–Crippen MR) is 84.6 cm³/mol. The van der Waals surface area contributed by atoms with E-state index in [1.165, 1.54) is 12.8 Å². The molecule has 2 amide bonds. The van der Waals surface area contributed by atoms with Crippen molar-refractivity contribution in [2.75, 3.05) is 19.6 Å². The number of piperidine rings is 1. The minimum atomic E-state index is -0.499. The van der Waals surface area contributed by atoms with Crippen LogP contribution < -0.4 is 11.1 Å². The zero-order valence-corrected chi connectivity index (χ0v) is 12.8. The van der Waals surface area contributed by atoms with Gasteiger partial charge in [0, 0.05) is 30.3 Å². The molecule has 2 fully saturated rings. The van der Waals surface area contributed by atoms with Crippen LogP contribution in [0.5, 0.6) is 0 Å². The number of amides is 2. The molecule has 1 aromatic carbocycles. The van der Waals surface area contributed by atoms with E-state index in [9.17, 15) is 9.59 Å². The maximum atomic E-state index is 12.6. The Balaban J connectivity index is 1.62. The molecule has 3 N–H and O–H groups in total. The summed E-state index contributed by atoms with van der Waals surface area (Å²) in [5.74, 6) is 0.185. The van der Waals surface area contributed by atoms with Gasteiger partial charge < -0.3 is 16.0 Å². The van der Waals surface area contributed by atoms with E-state index in [0.717, 1.165) is 32.5 Å². The van der Waals surface area contributed by atoms with Crippen LogP contribution in [0.25, 0.3) is 0 Å². The summed E-state index contributed by atoms with van der Waals surface area (Å²) in [5, 5.41) is 3.57. The van der Waals surface area contributed by atoms with E-state index in [1.807, 2.05) is 4.90 Å². The van der Waals surface area contributed by atoms with Crippen molar-refractivity contribution < 1.29 is 9.59 Å². The number of hydrogen-bond donors (Lipinski definition) is 2. The highest BCUT2D eigenvalue weighted by Gasteiger charge is 2.30. The Morgan fingerprint density at radius 1 is 1.14 bits per heavy atom. The molecule has 0 spiro atoms. The van der Waals surface area contributed by atoms with Crippen molar-refractivity contribution in [1.29, 1.82) is 0 Å². The number of hydrogen-bond acceptors (Lipinski definition) is 3. The first-order valence-electron chi connectivity index (χ1n) is 8.07. The van der Waals surface area contributed by atoms with Crippen molar-refractivity contribution in [2.45, 2.75) is 31.7 Å². The molecule has 22 heavy (non-hydrogen) atoms. The number of nitrogens with one attached hydrogen (secondary N) is 1. The smallest absolute Gasteiger partial charge is 0.253 e. The molecule has 0 radical (unpaired) electrons. The lowest BCUT2D eigenvalue weighted by Gasteiger charge is -2.35. The maximum Gasteiger partial charge on any atom is 0.253 e. The molecule has 1 aromatic rings. The molecule has 0 aliphatic carbocycles. The fourth-order valence-electron chi connectivity index (χ4n) is 3.61. The van der Waals surface area contributed by atoms with Crippen LogP contribution in [-0.2, 0) is 0 Å². The predicted octanol–water partition coefficient (Wildman–Crippen LogP) is 1.39. The van der Waals surface area contributed by atoms with Gasteiger partial charge in [0.2, 0.25) is 5.91 Å². The topological polar surface area (TPSA) is 75.4 Å². The van der Waals surface area contributed by atoms with Crippen LogP contribution in [0.2, 0.25) is 0 Å². The van der Waals surface area contributed by atoms with Crippen LogP contribution in [0.4, 0.5) is 0 Å². The minimum absolute atomic E-state index is 0.000862. The van der Waals surface area contributed by atoms with E-state index >= 15 is 0 Å². The van der Waals surface area contributed by atoms with Gasteiger partial charge >= 0.3 is 0 Å². The largest absolute Gasteiger partial charge is 0.366 e. The third-order valence-corrected chi connectivity index (χ3v) is 4.89. The molecule has 3 rings (SSSR count). The normalized spacial score (nSPS) is 22.7. The molecular formula is C17H23N3O2. The van der Waals surface area contributed by atoms with Crippen molar-refractivity contribution in [3.63, 3.8) is 0 Å². The second kappa shape index (κ2) is 6.48. The van der Waals surface area contributed by atoms with Gasteiger partial charge in [0.1, 0.15) is 0 Å². The molecule has 0 bridgehead atoms. The summed E-state index contributed by atoms with van der Waals surface area (Å²) in [4.78, 5) is 25.7. The lowest BCUT2D eigenvalue weighted by molar-refractivity contribution is 0.0674. The van der Waals surface area contributed by atoms with Gasteiger partial charge in [0.25, 0.3) is 5.91 Å². The molecule has 2 aliphatic rings. The zero-order chi connectivity index (χ0) is 15.5. The number of carbonyl (C=O) groups is 2. The number of likely N-dealkylation sites (tertiary alicyclic amines) is 1. The van der Waals surface area contributed by atoms with Crippen LogP contribution in [0.15, 0.2) is 24.3 Å². The van der Waals surface area contributed by atoms with Gasteiger partial charge in [0.05, 0.1) is 0 Å². The zero-order valence-electron chi connectivity index (χ0n) is 12.8. The first-order valence-corrected chi connectivity index (χ1v) is 8.07. The van der Waals surface area contributed by atoms with E-state index in [0.29, 0.717) is 23.1 Å². The van der Waals surface area contributed by atoms with Gasteiger partial charge in [-0.2, -0.15) is 0 Å². The summed E-state index contributed by atoms with van der Waals surface area (Å²) in [7, 11) is 0. The summed E-state index contributed by atoms with van der Waals surface area (Å²) in [6.45, 7) is 2.72. The van der Waals surface area contributed by atoms with E-state index in [1.54, 1.807) is 24.3 Å². The van der Waals surface area contributed by atoms with Gasteiger partial charge in [-0.05, 0) is 56.3 Å². The number of primary amides is 1. The van der Waals surface area contributed by atoms with Crippen LogP contribution in [0, 0.1) is 5.92 Å².